The van der Waals surface area contributed by atoms with Gasteiger partial charge >= 0.3 is 0 Å². The molecule has 0 saturated heterocycles. The van der Waals surface area contributed by atoms with Crippen LogP contribution in [0.5, 0.6) is 0 Å². The van der Waals surface area contributed by atoms with Crippen molar-refractivity contribution in [2.75, 3.05) is 18.0 Å². The van der Waals surface area contributed by atoms with Crippen molar-refractivity contribution < 1.29 is 9.90 Å². The number of carbonyl (C=O) groups is 1. The number of carbonyl (C=O) groups excluding carboxylic acids is 1. The normalized spacial score (nSPS) is 15.9. The number of amides is 1. The smallest absolute Gasteiger partial charge is 0.219 e. The summed E-state index contributed by atoms with van der Waals surface area (Å²) in [5.41, 5.74) is 5.35. The second-order valence-electron chi connectivity index (χ2n) is 6.75. The third-order valence-corrected chi connectivity index (χ3v) is 5.24. The maximum Gasteiger partial charge on any atom is 0.219 e. The molecule has 0 atom stereocenters. The van der Waals surface area contributed by atoms with Gasteiger partial charge in [0.25, 0.3) is 0 Å². The quantitative estimate of drug-likeness (QED) is 0.855. The molecule has 4 rings (SSSR count). The lowest BCUT2D eigenvalue weighted by molar-refractivity contribution is -0.129. The molecule has 1 N–H and O–H groups in total. The van der Waals surface area contributed by atoms with Crippen LogP contribution in [0.15, 0.2) is 24.8 Å². The van der Waals surface area contributed by atoms with Crippen molar-refractivity contribution in [3.63, 3.8) is 0 Å². The summed E-state index contributed by atoms with van der Waals surface area (Å²) in [5.74, 6) is 1.09. The number of benzene rings is 1. The maximum absolute atomic E-state index is 11.8. The molecule has 2 aliphatic heterocycles. The van der Waals surface area contributed by atoms with Gasteiger partial charge in [-0.1, -0.05) is 18.7 Å². The second-order valence-corrected chi connectivity index (χ2v) is 6.75. The highest BCUT2D eigenvalue weighted by Gasteiger charge is 2.31. The molecule has 2 aromatic rings. The summed E-state index contributed by atoms with van der Waals surface area (Å²) in [6.45, 7) is 7.43. The van der Waals surface area contributed by atoms with Crippen LogP contribution in [0.25, 0.3) is 5.76 Å². The monoisotopic (exact) mass is 338 g/mol. The third kappa shape index (κ3) is 2.49. The van der Waals surface area contributed by atoms with Gasteiger partial charge in [0, 0.05) is 56.0 Å². The fourth-order valence-electron chi connectivity index (χ4n) is 3.84. The highest BCUT2D eigenvalue weighted by Crippen LogP contribution is 2.39. The molecule has 1 aromatic heterocycles. The van der Waals surface area contributed by atoms with Crippen LogP contribution in [0.4, 0.5) is 11.5 Å². The highest BCUT2D eigenvalue weighted by molar-refractivity contribution is 5.76. The van der Waals surface area contributed by atoms with Crippen LogP contribution in [0.1, 0.15) is 29.3 Å². The van der Waals surface area contributed by atoms with Crippen molar-refractivity contribution in [2.24, 2.45) is 7.05 Å². The standard InChI is InChI=1S/C19H22N4O2/c1-12(24)15-5-4-14-6-9-23(18(14)10-15)19-16-11-22(13(2)25)8-7-17(16)21(3)20-19/h4-5,10,24H,1,6-9,11H2,2-3H3. The fourth-order valence-corrected chi connectivity index (χ4v) is 3.84. The zero-order chi connectivity index (χ0) is 17.7. The van der Waals surface area contributed by atoms with E-state index in [1.807, 2.05) is 34.8 Å². The summed E-state index contributed by atoms with van der Waals surface area (Å²) in [6.07, 6.45) is 1.77. The number of fused-ring (bicyclic) bond motifs is 2. The minimum absolute atomic E-state index is 0.0699. The summed E-state index contributed by atoms with van der Waals surface area (Å²) in [5, 5.41) is 14.5. The van der Waals surface area contributed by atoms with E-state index in [4.69, 9.17) is 5.10 Å². The summed E-state index contributed by atoms with van der Waals surface area (Å²) >= 11 is 0. The summed E-state index contributed by atoms with van der Waals surface area (Å²) < 4.78 is 1.94. The van der Waals surface area contributed by atoms with E-state index in [0.29, 0.717) is 6.54 Å². The van der Waals surface area contributed by atoms with Gasteiger partial charge in [-0.3, -0.25) is 9.48 Å². The van der Waals surface area contributed by atoms with Crippen LogP contribution < -0.4 is 4.90 Å². The van der Waals surface area contributed by atoms with Crippen LogP contribution >= 0.6 is 0 Å². The maximum atomic E-state index is 11.8. The van der Waals surface area contributed by atoms with Crippen molar-refractivity contribution in [2.45, 2.75) is 26.3 Å². The Labute approximate surface area is 147 Å². The number of anilines is 2. The summed E-state index contributed by atoms with van der Waals surface area (Å²) in [7, 11) is 1.97. The van der Waals surface area contributed by atoms with Gasteiger partial charge in [-0.2, -0.15) is 5.10 Å². The average molecular weight is 338 g/mol. The molecule has 6 nitrogen and oxygen atoms in total. The van der Waals surface area contributed by atoms with Crippen molar-refractivity contribution in [3.05, 3.63) is 47.2 Å². The number of aliphatic hydroxyl groups excluding tert-OH is 1. The van der Waals surface area contributed by atoms with Gasteiger partial charge in [-0.15, -0.1) is 0 Å². The fraction of sp³-hybridized carbons (Fsp3) is 0.368. The lowest BCUT2D eigenvalue weighted by Gasteiger charge is -2.28. The van der Waals surface area contributed by atoms with E-state index < -0.39 is 0 Å². The van der Waals surface area contributed by atoms with Crippen LogP contribution in [0.3, 0.4) is 0 Å². The molecule has 0 radical (unpaired) electrons. The molecule has 2 aliphatic rings. The lowest BCUT2D eigenvalue weighted by atomic mass is 10.1. The topological polar surface area (TPSA) is 61.6 Å². The molecule has 25 heavy (non-hydrogen) atoms. The molecule has 0 bridgehead atoms. The number of hydrogen-bond acceptors (Lipinski definition) is 4. The second kappa shape index (κ2) is 5.65. The number of hydrogen-bond donors (Lipinski definition) is 1. The van der Waals surface area contributed by atoms with Crippen LogP contribution in [-0.2, 0) is 31.2 Å². The number of rotatable bonds is 2. The Morgan fingerprint density at radius 3 is 2.80 bits per heavy atom. The minimum Gasteiger partial charge on any atom is -0.508 e. The Hall–Kier alpha value is -2.76. The first-order valence-corrected chi connectivity index (χ1v) is 8.54. The molecule has 3 heterocycles. The molecular formula is C19H22N4O2. The molecule has 1 amide bonds. The first-order chi connectivity index (χ1) is 12.0. The van der Waals surface area contributed by atoms with Gasteiger partial charge in [0.15, 0.2) is 5.82 Å². The lowest BCUT2D eigenvalue weighted by Crippen LogP contribution is -2.35. The van der Waals surface area contributed by atoms with E-state index in [9.17, 15) is 9.90 Å². The van der Waals surface area contributed by atoms with Gasteiger partial charge in [-0.05, 0) is 18.1 Å². The van der Waals surface area contributed by atoms with Crippen molar-refractivity contribution in [3.8, 4) is 0 Å². The number of aryl methyl sites for hydroxylation is 1. The molecule has 1 aromatic carbocycles. The first kappa shape index (κ1) is 15.7. The van der Waals surface area contributed by atoms with E-state index in [2.05, 4.69) is 11.5 Å². The molecule has 0 spiro atoms. The molecular weight excluding hydrogens is 316 g/mol. The molecule has 6 heteroatoms. The van der Waals surface area contributed by atoms with Gasteiger partial charge in [0.1, 0.15) is 5.76 Å². The van der Waals surface area contributed by atoms with Crippen LogP contribution in [-0.4, -0.2) is 38.8 Å². The number of nitrogens with zero attached hydrogens (tertiary/aromatic N) is 4. The van der Waals surface area contributed by atoms with E-state index in [1.165, 1.54) is 11.3 Å². The Balaban J connectivity index is 1.77. The van der Waals surface area contributed by atoms with Crippen LogP contribution in [0.2, 0.25) is 0 Å². The number of aliphatic hydroxyl groups is 1. The SMILES string of the molecule is C=C(O)c1ccc2c(c1)N(c1nn(C)c3c1CN(C(C)=O)CC3)CC2. The summed E-state index contributed by atoms with van der Waals surface area (Å²) in [4.78, 5) is 15.9. The van der Waals surface area contributed by atoms with Crippen LogP contribution in [0, 0.1) is 0 Å². The van der Waals surface area contributed by atoms with E-state index in [1.54, 1.807) is 6.92 Å². The third-order valence-electron chi connectivity index (χ3n) is 5.24. The Kier molecular flexibility index (Phi) is 3.56. The predicted octanol–water partition coefficient (Wildman–Crippen LogP) is 2.55. The average Bonchev–Trinajstić information content (AvgIpc) is 3.15. The van der Waals surface area contributed by atoms with Gasteiger partial charge in [-0.25, -0.2) is 0 Å². The predicted molar refractivity (Wildman–Crippen MR) is 96.8 cm³/mol. The van der Waals surface area contributed by atoms with E-state index in [0.717, 1.165) is 48.6 Å². The molecule has 0 unspecified atom stereocenters. The van der Waals surface area contributed by atoms with Gasteiger partial charge < -0.3 is 14.9 Å². The minimum atomic E-state index is 0.0699. The zero-order valence-corrected chi connectivity index (χ0v) is 14.6. The number of aromatic nitrogens is 2. The largest absolute Gasteiger partial charge is 0.508 e. The van der Waals surface area contributed by atoms with Gasteiger partial charge in [0.2, 0.25) is 5.91 Å². The molecule has 0 aliphatic carbocycles. The Morgan fingerprint density at radius 1 is 1.28 bits per heavy atom. The molecule has 130 valence electrons. The Bertz CT molecular complexity index is 884. The van der Waals surface area contributed by atoms with Gasteiger partial charge in [0.05, 0.1) is 6.54 Å². The van der Waals surface area contributed by atoms with Crippen molar-refractivity contribution in [1.82, 2.24) is 14.7 Å². The molecule has 0 saturated carbocycles. The zero-order valence-electron chi connectivity index (χ0n) is 14.6. The highest BCUT2D eigenvalue weighted by atomic mass is 16.3. The van der Waals surface area contributed by atoms with Crippen molar-refractivity contribution in [1.29, 1.82) is 0 Å². The Morgan fingerprint density at radius 2 is 2.08 bits per heavy atom. The van der Waals surface area contributed by atoms with Crippen molar-refractivity contribution >= 4 is 23.2 Å². The van der Waals surface area contributed by atoms with E-state index >= 15 is 0 Å². The molecule has 0 fully saturated rings. The van der Waals surface area contributed by atoms with E-state index in [-0.39, 0.29) is 11.7 Å². The first-order valence-electron chi connectivity index (χ1n) is 8.54. The summed E-state index contributed by atoms with van der Waals surface area (Å²) in [6, 6.07) is 5.91.